The number of methoxy groups -OCH3 is 1. The van der Waals surface area contributed by atoms with Crippen LogP contribution in [0, 0.1) is 0 Å². The van der Waals surface area contributed by atoms with Crippen molar-refractivity contribution in [1.29, 1.82) is 0 Å². The molecule has 1 rings (SSSR count). The van der Waals surface area contributed by atoms with E-state index in [9.17, 15) is 4.79 Å². The van der Waals surface area contributed by atoms with Crippen molar-refractivity contribution in [2.45, 2.75) is 0 Å². The Morgan fingerprint density at radius 3 is 3.20 bits per heavy atom. The van der Waals surface area contributed by atoms with E-state index in [1.807, 2.05) is 0 Å². The molecule has 0 saturated carbocycles. The third-order valence-electron chi connectivity index (χ3n) is 0.815. The second-order valence-electron chi connectivity index (χ2n) is 1.37. The molecule has 5 heteroatoms. The molecule has 0 amide bonds. The number of hydrogen-bond donors (Lipinski definition) is 0. The first-order valence-corrected chi connectivity index (χ1v) is 3.26. The van der Waals surface area contributed by atoms with Crippen molar-refractivity contribution in [2.75, 3.05) is 7.11 Å². The van der Waals surface area contributed by atoms with Gasteiger partial charge in [0.2, 0.25) is 11.2 Å². The van der Waals surface area contributed by atoms with E-state index in [4.69, 9.17) is 4.74 Å². The quantitative estimate of drug-likeness (QED) is 0.476. The number of ether oxygens (including phenoxy) is 1. The third-order valence-corrected chi connectivity index (χ3v) is 1.67. The molecule has 0 fully saturated rings. The molecule has 0 spiro atoms. The van der Waals surface area contributed by atoms with Gasteiger partial charge in [0, 0.05) is 0 Å². The Kier molecular flexibility index (Phi) is 2.15. The summed E-state index contributed by atoms with van der Waals surface area (Å²) in [6.45, 7) is 0. The van der Waals surface area contributed by atoms with Crippen LogP contribution >= 0.6 is 11.3 Å². The average Bonchev–Trinajstić information content (AvgIpc) is 2.37. The van der Waals surface area contributed by atoms with E-state index in [0.717, 1.165) is 0 Å². The molecule has 0 unspecified atom stereocenters. The molecule has 0 N–H and O–H groups in total. The van der Waals surface area contributed by atoms with E-state index >= 15 is 0 Å². The fourth-order valence-electron chi connectivity index (χ4n) is 0.436. The van der Waals surface area contributed by atoms with Gasteiger partial charge in [-0.15, -0.1) is 4.99 Å². The Morgan fingerprint density at radius 2 is 2.70 bits per heavy atom. The first-order chi connectivity index (χ1) is 4.86. The molecule has 0 aliphatic carbocycles. The predicted molar refractivity (Wildman–Crippen MR) is 36.4 cm³/mol. The predicted octanol–water partition coefficient (Wildman–Crippen LogP) is 1.12. The van der Waals surface area contributed by atoms with Gasteiger partial charge in [-0.3, -0.25) is 0 Å². The van der Waals surface area contributed by atoms with E-state index in [-0.39, 0.29) is 0 Å². The highest BCUT2D eigenvalue weighted by atomic mass is 32.1. The summed E-state index contributed by atoms with van der Waals surface area (Å²) in [5.41, 5.74) is 0. The molecule has 0 bridgehead atoms. The van der Waals surface area contributed by atoms with Crippen LogP contribution in [0.15, 0.2) is 11.2 Å². The molecule has 0 saturated heterocycles. The number of carbonyl (C=O) groups excluding carboxylic acids is 1. The Hall–Kier alpha value is -1.19. The van der Waals surface area contributed by atoms with E-state index in [1.165, 1.54) is 30.7 Å². The largest absolute Gasteiger partial charge is 0.486 e. The summed E-state index contributed by atoms with van der Waals surface area (Å²) in [5, 5.41) is 1.00. The fourth-order valence-corrected chi connectivity index (χ4v) is 0.993. The van der Waals surface area contributed by atoms with Crippen LogP contribution in [0.5, 0.6) is 5.06 Å². The van der Waals surface area contributed by atoms with Gasteiger partial charge in [0.1, 0.15) is 0 Å². The van der Waals surface area contributed by atoms with Gasteiger partial charge in [0.15, 0.2) is 5.06 Å². The van der Waals surface area contributed by atoms with Gasteiger partial charge < -0.3 is 4.74 Å². The minimum absolute atomic E-state index is 0.367. The van der Waals surface area contributed by atoms with E-state index in [1.54, 1.807) is 0 Å². The number of hydrogen-bond acceptors (Lipinski definition) is 5. The molecule has 52 valence electrons. The third kappa shape index (κ3) is 1.40. The van der Waals surface area contributed by atoms with Crippen LogP contribution in [0.1, 0.15) is 0 Å². The molecule has 0 atom stereocenters. The maximum absolute atomic E-state index is 9.71. The van der Waals surface area contributed by atoms with Gasteiger partial charge in [-0.1, -0.05) is 11.3 Å². The molecule has 0 aliphatic heterocycles. The van der Waals surface area contributed by atoms with Gasteiger partial charge in [0.05, 0.1) is 13.3 Å². The number of thiazole rings is 1. The molecular formula is C5H4N2O2S. The van der Waals surface area contributed by atoms with Crippen molar-refractivity contribution in [2.24, 2.45) is 4.99 Å². The van der Waals surface area contributed by atoms with Crippen LogP contribution in [-0.2, 0) is 4.79 Å². The molecule has 0 radical (unpaired) electrons. The van der Waals surface area contributed by atoms with Crippen molar-refractivity contribution < 1.29 is 9.53 Å². The minimum Gasteiger partial charge on any atom is -0.486 e. The zero-order valence-electron chi connectivity index (χ0n) is 5.20. The normalized spacial score (nSPS) is 8.50. The molecule has 0 aliphatic rings. The summed E-state index contributed by atoms with van der Waals surface area (Å²) in [6.07, 6.45) is 2.89. The highest BCUT2D eigenvalue weighted by Crippen LogP contribution is 2.26. The molecule has 4 nitrogen and oxygen atoms in total. The molecule has 0 aromatic carbocycles. The van der Waals surface area contributed by atoms with Gasteiger partial charge in [-0.25, -0.2) is 9.78 Å². The van der Waals surface area contributed by atoms with Crippen molar-refractivity contribution in [3.63, 3.8) is 0 Å². The van der Waals surface area contributed by atoms with Gasteiger partial charge in [-0.2, -0.15) is 0 Å². The Labute approximate surface area is 61.2 Å². The SMILES string of the molecule is COc1cnc(N=C=O)s1. The number of aromatic nitrogens is 1. The van der Waals surface area contributed by atoms with E-state index in [0.29, 0.717) is 10.2 Å². The van der Waals surface area contributed by atoms with Crippen molar-refractivity contribution in [3.05, 3.63) is 6.20 Å². The summed E-state index contributed by atoms with van der Waals surface area (Å²) < 4.78 is 4.81. The second-order valence-corrected chi connectivity index (χ2v) is 2.34. The summed E-state index contributed by atoms with van der Waals surface area (Å²) in [7, 11) is 1.53. The lowest BCUT2D eigenvalue weighted by atomic mass is 10.9. The van der Waals surface area contributed by atoms with Crippen LogP contribution < -0.4 is 4.74 Å². The lowest BCUT2D eigenvalue weighted by Gasteiger charge is -1.85. The summed E-state index contributed by atoms with van der Waals surface area (Å²) >= 11 is 1.19. The topological polar surface area (TPSA) is 51.6 Å². The average molecular weight is 156 g/mol. The monoisotopic (exact) mass is 156 g/mol. The number of rotatable bonds is 2. The standard InChI is InChI=1S/C5H4N2O2S/c1-9-4-2-6-5(10-4)7-3-8/h2H,1H3. The van der Waals surface area contributed by atoms with Gasteiger partial charge in [0.25, 0.3) is 0 Å². The number of isocyanates is 1. The zero-order chi connectivity index (χ0) is 7.40. The lowest BCUT2D eigenvalue weighted by molar-refractivity contribution is 0.426. The smallest absolute Gasteiger partial charge is 0.242 e. The lowest BCUT2D eigenvalue weighted by Crippen LogP contribution is -1.73. The van der Waals surface area contributed by atoms with Crippen LogP contribution in [0.3, 0.4) is 0 Å². The first kappa shape index (κ1) is 6.92. The van der Waals surface area contributed by atoms with E-state index < -0.39 is 0 Å². The Morgan fingerprint density at radius 1 is 1.90 bits per heavy atom. The van der Waals surface area contributed by atoms with Gasteiger partial charge >= 0.3 is 0 Å². The number of nitrogens with zero attached hydrogens (tertiary/aromatic N) is 2. The van der Waals surface area contributed by atoms with Crippen LogP contribution in [-0.4, -0.2) is 18.2 Å². The summed E-state index contributed by atoms with van der Waals surface area (Å²) in [4.78, 5) is 16.7. The zero-order valence-corrected chi connectivity index (χ0v) is 6.01. The molecule has 1 heterocycles. The maximum atomic E-state index is 9.71. The fraction of sp³-hybridized carbons (Fsp3) is 0.200. The Bertz CT molecular complexity index is 264. The molecule has 1 aromatic heterocycles. The molecule has 10 heavy (non-hydrogen) atoms. The minimum atomic E-state index is 0.367. The second kappa shape index (κ2) is 3.10. The van der Waals surface area contributed by atoms with Crippen LogP contribution in [0.25, 0.3) is 0 Å². The first-order valence-electron chi connectivity index (χ1n) is 2.44. The Balaban J connectivity index is 2.87. The summed E-state index contributed by atoms with van der Waals surface area (Å²) in [6, 6.07) is 0. The van der Waals surface area contributed by atoms with Crippen molar-refractivity contribution in [1.82, 2.24) is 4.98 Å². The van der Waals surface area contributed by atoms with E-state index in [2.05, 4.69) is 9.98 Å². The van der Waals surface area contributed by atoms with Crippen LogP contribution in [0.2, 0.25) is 0 Å². The van der Waals surface area contributed by atoms with Crippen LogP contribution in [0.4, 0.5) is 5.13 Å². The summed E-state index contributed by atoms with van der Waals surface area (Å²) in [5.74, 6) is 0. The maximum Gasteiger partial charge on any atom is 0.242 e. The highest BCUT2D eigenvalue weighted by molar-refractivity contribution is 7.17. The van der Waals surface area contributed by atoms with Crippen molar-refractivity contribution in [3.8, 4) is 5.06 Å². The molecule has 1 aromatic rings. The highest BCUT2D eigenvalue weighted by Gasteiger charge is 1.97. The molecular weight excluding hydrogens is 152 g/mol. The number of aliphatic imine (C=N–C) groups is 1. The van der Waals surface area contributed by atoms with Gasteiger partial charge in [-0.05, 0) is 0 Å². The van der Waals surface area contributed by atoms with Crippen molar-refractivity contribution >= 4 is 22.5 Å².